The molecule has 1 aromatic rings. The van der Waals surface area contributed by atoms with Gasteiger partial charge in [0.05, 0.1) is 0 Å². The molecule has 1 saturated heterocycles. The van der Waals surface area contributed by atoms with Crippen LogP contribution in [0.1, 0.15) is 202 Å². The maximum Gasteiger partial charge on any atom is 0.348 e. The SMILES string of the molecule is C[C@@H]1CCC(=O)N2CCN(CC2)C(=O)CC[C@@H](C)[C@H]2CC[C@H]3[C@@H]4CC[C@@H]5C[C@@H](CC[C@]5(C)[C@H]4CC[C@]23C)OC(=O)c2ccc(s2)C(=O)O[C@@H]2CC[C@@]3(C)[C@H](CC[C@@H]4[C@@H]3CC[C@]3(C)[C@@H]1CC[C@@H]43)C2. The van der Waals surface area contributed by atoms with E-state index >= 15 is 0 Å². The lowest BCUT2D eigenvalue weighted by Crippen LogP contribution is -2.54. The summed E-state index contributed by atoms with van der Waals surface area (Å²) in [5, 5.41) is 0. The summed E-state index contributed by atoms with van der Waals surface area (Å²) >= 11 is 1.25. The number of amides is 2. The molecular formula is C58H86N2O6S. The lowest BCUT2D eigenvalue weighted by atomic mass is 9.44. The fraction of sp³-hybridized carbons (Fsp3) is 0.862. The molecule has 0 unspecified atom stereocenters. The highest BCUT2D eigenvalue weighted by Gasteiger charge is 2.63. The number of hydrogen-bond donors (Lipinski definition) is 0. The van der Waals surface area contributed by atoms with Crippen LogP contribution in [0, 0.1) is 92.7 Å². The third-order valence-corrected chi connectivity index (χ3v) is 25.0. The van der Waals surface area contributed by atoms with Crippen LogP contribution in [-0.4, -0.2) is 71.9 Å². The fourth-order valence-electron chi connectivity index (χ4n) is 20.2. The second-order valence-corrected chi connectivity index (χ2v) is 27.4. The molecule has 8 saturated carbocycles. The molecule has 18 atom stereocenters. The molecule has 9 fully saturated rings. The first kappa shape index (κ1) is 46.9. The van der Waals surface area contributed by atoms with Crippen LogP contribution in [0.25, 0.3) is 0 Å². The molecule has 17 rings (SSSR count). The Kier molecular flexibility index (Phi) is 12.4. The third-order valence-electron chi connectivity index (χ3n) is 23.9. The largest absolute Gasteiger partial charge is 0.458 e. The summed E-state index contributed by atoms with van der Waals surface area (Å²) in [6.45, 7) is 18.0. The van der Waals surface area contributed by atoms with Crippen molar-refractivity contribution in [3.05, 3.63) is 21.9 Å². The van der Waals surface area contributed by atoms with Crippen molar-refractivity contribution in [2.45, 2.75) is 195 Å². The first-order chi connectivity index (χ1) is 32.1. The zero-order chi connectivity index (χ0) is 46.6. The van der Waals surface area contributed by atoms with E-state index in [0.717, 1.165) is 86.9 Å². The topological polar surface area (TPSA) is 93.2 Å². The summed E-state index contributed by atoms with van der Waals surface area (Å²) in [4.78, 5) is 60.1. The van der Waals surface area contributed by atoms with Crippen LogP contribution in [0.5, 0.6) is 0 Å². The van der Waals surface area contributed by atoms with Crippen molar-refractivity contribution in [3.8, 4) is 0 Å². The number of esters is 2. The fourth-order valence-corrected chi connectivity index (χ4v) is 21.0. The summed E-state index contributed by atoms with van der Waals surface area (Å²) in [5.41, 5.74) is 1.27. The lowest BCUT2D eigenvalue weighted by molar-refractivity contribution is -0.140. The number of rotatable bonds is 0. The molecule has 67 heavy (non-hydrogen) atoms. The van der Waals surface area contributed by atoms with Crippen molar-refractivity contribution in [2.75, 3.05) is 26.2 Å². The predicted molar refractivity (Wildman–Crippen MR) is 263 cm³/mol. The van der Waals surface area contributed by atoms with Crippen molar-refractivity contribution >= 4 is 35.1 Å². The second kappa shape index (κ2) is 17.7. The molecule has 8 aliphatic heterocycles. The van der Waals surface area contributed by atoms with Gasteiger partial charge in [-0.1, -0.05) is 41.5 Å². The summed E-state index contributed by atoms with van der Waals surface area (Å²) in [7, 11) is 0. The molecule has 0 radical (unpaired) electrons. The van der Waals surface area contributed by atoms with Gasteiger partial charge in [0, 0.05) is 39.0 Å². The Labute approximate surface area is 407 Å². The Morgan fingerprint density at radius 1 is 0.463 bits per heavy atom. The van der Waals surface area contributed by atoms with Crippen LogP contribution >= 0.6 is 11.3 Å². The Morgan fingerprint density at radius 3 is 1.25 bits per heavy atom. The number of hydrogen-bond acceptors (Lipinski definition) is 7. The highest BCUT2D eigenvalue weighted by molar-refractivity contribution is 7.15. The van der Waals surface area contributed by atoms with Gasteiger partial charge in [-0.3, -0.25) is 9.59 Å². The van der Waals surface area contributed by atoms with E-state index in [2.05, 4.69) is 51.3 Å². The van der Waals surface area contributed by atoms with Gasteiger partial charge in [0.2, 0.25) is 11.8 Å². The first-order valence-electron chi connectivity index (χ1n) is 28.2. The predicted octanol–water partition coefficient (Wildman–Crippen LogP) is 12.6. The molecular weight excluding hydrogens is 853 g/mol. The summed E-state index contributed by atoms with van der Waals surface area (Å²) < 4.78 is 12.6. The van der Waals surface area contributed by atoms with E-state index in [1.165, 1.54) is 88.4 Å². The van der Waals surface area contributed by atoms with Crippen molar-refractivity contribution in [2.24, 2.45) is 92.7 Å². The minimum atomic E-state index is -0.277. The van der Waals surface area contributed by atoms with Gasteiger partial charge in [0.1, 0.15) is 22.0 Å². The molecule has 9 heteroatoms. The van der Waals surface area contributed by atoms with E-state index in [9.17, 15) is 19.2 Å². The van der Waals surface area contributed by atoms with Gasteiger partial charge >= 0.3 is 11.9 Å². The van der Waals surface area contributed by atoms with E-state index < -0.39 is 0 Å². The van der Waals surface area contributed by atoms with Crippen LogP contribution in [0.15, 0.2) is 12.1 Å². The Bertz CT molecular complexity index is 1920. The Balaban J connectivity index is 0.789. The monoisotopic (exact) mass is 939 g/mol. The number of carbonyl (C=O) groups is 4. The van der Waals surface area contributed by atoms with Crippen LogP contribution in [0.4, 0.5) is 0 Å². The Morgan fingerprint density at radius 2 is 0.836 bits per heavy atom. The molecule has 20 bridgehead atoms. The van der Waals surface area contributed by atoms with E-state index in [1.54, 1.807) is 12.1 Å². The normalized spacial score (nSPS) is 48.3. The summed E-state index contributed by atoms with van der Waals surface area (Å²) in [6, 6.07) is 3.57. The van der Waals surface area contributed by atoms with E-state index in [-0.39, 0.29) is 24.1 Å². The molecule has 0 N–H and O–H groups in total. The molecule has 370 valence electrons. The van der Waals surface area contributed by atoms with E-state index in [1.807, 2.05) is 0 Å². The molecule has 0 aromatic carbocycles. The van der Waals surface area contributed by atoms with Crippen LogP contribution in [-0.2, 0) is 19.1 Å². The minimum Gasteiger partial charge on any atom is -0.458 e. The number of nitrogens with zero attached hydrogens (tertiary/aromatic N) is 2. The van der Waals surface area contributed by atoms with Crippen molar-refractivity contribution in [3.63, 3.8) is 0 Å². The van der Waals surface area contributed by atoms with Gasteiger partial charge in [0.25, 0.3) is 0 Å². The van der Waals surface area contributed by atoms with Crippen LogP contribution < -0.4 is 0 Å². The smallest absolute Gasteiger partial charge is 0.348 e. The summed E-state index contributed by atoms with van der Waals surface area (Å²) in [5.74, 6) is 8.13. The van der Waals surface area contributed by atoms with Crippen molar-refractivity contribution in [1.29, 1.82) is 0 Å². The van der Waals surface area contributed by atoms with Gasteiger partial charge in [-0.25, -0.2) is 9.59 Å². The zero-order valence-corrected chi connectivity index (χ0v) is 43.2. The lowest BCUT2D eigenvalue weighted by Gasteiger charge is -2.61. The molecule has 8 aliphatic carbocycles. The van der Waals surface area contributed by atoms with Crippen molar-refractivity contribution in [1.82, 2.24) is 9.80 Å². The van der Waals surface area contributed by atoms with Crippen LogP contribution in [0.2, 0.25) is 0 Å². The molecule has 1 aromatic heterocycles. The second-order valence-electron chi connectivity index (χ2n) is 26.3. The Hall–Kier alpha value is -2.42. The molecule has 9 heterocycles. The highest BCUT2D eigenvalue weighted by Crippen LogP contribution is 2.70. The maximum atomic E-state index is 13.8. The minimum absolute atomic E-state index is 0.0660. The van der Waals surface area contributed by atoms with E-state index in [4.69, 9.17) is 9.47 Å². The maximum absolute atomic E-state index is 13.8. The average molecular weight is 939 g/mol. The number of ether oxygens (including phenoxy) is 2. The van der Waals surface area contributed by atoms with Crippen molar-refractivity contribution < 1.29 is 28.7 Å². The third kappa shape index (κ3) is 7.91. The van der Waals surface area contributed by atoms with Gasteiger partial charge < -0.3 is 19.3 Å². The number of thiophene rings is 1. The van der Waals surface area contributed by atoms with Gasteiger partial charge in [0.15, 0.2) is 0 Å². The molecule has 2 amide bonds. The molecule has 0 spiro atoms. The van der Waals surface area contributed by atoms with Gasteiger partial charge in [-0.2, -0.15) is 0 Å². The van der Waals surface area contributed by atoms with Crippen LogP contribution in [0.3, 0.4) is 0 Å². The van der Waals surface area contributed by atoms with Gasteiger partial charge in [-0.05, 0) is 233 Å². The van der Waals surface area contributed by atoms with Gasteiger partial charge in [-0.15, -0.1) is 11.3 Å². The highest BCUT2D eigenvalue weighted by atomic mass is 32.1. The molecule has 8 nitrogen and oxygen atoms in total. The quantitative estimate of drug-likeness (QED) is 0.241. The number of carbonyl (C=O) groups excluding carboxylic acids is 4. The summed E-state index contributed by atoms with van der Waals surface area (Å²) in [6.07, 6.45) is 24.5. The molecule has 16 aliphatic rings. The number of piperazine rings is 1. The standard InChI is InChI=1S/C58H86N2O6S/c1-35-7-19-51(61)59-29-31-60(32-30-59)52(62)20-8-36(2)44-14-16-46-42-12-10-38-34-40(22-26-56(38,4)48(42)24-28-58(44,46)6)66-54(64)50-18-17-49(67-50)53(63)65-39-21-25-55(3)37(33-39)9-11-41-45-15-13-43(35)57(45,5)27-23-47(41)55/h17-18,35-48H,7-16,19-34H2,1-6H3/t35-,36-,37-,38-,39-,40-,41+,42+,43-,44-,45+,46+,47+,48+,55+,56+,57-,58-/m1/s1. The zero-order valence-electron chi connectivity index (χ0n) is 42.4. The average Bonchev–Trinajstić information content (AvgIpc) is 4.05. The first-order valence-corrected chi connectivity index (χ1v) is 29.0. The van der Waals surface area contributed by atoms with E-state index in [0.29, 0.717) is 118 Å².